The summed E-state index contributed by atoms with van der Waals surface area (Å²) in [5.74, 6) is -0.231. The Balaban J connectivity index is 2.40. The van der Waals surface area contributed by atoms with Gasteiger partial charge in [-0.15, -0.1) is 5.10 Å². The molecule has 0 radical (unpaired) electrons. The SMILES string of the molecule is COCCNC(=O)c1cccnn1. The Bertz CT molecular complexity index is 263. The molecule has 1 amide bonds. The molecule has 13 heavy (non-hydrogen) atoms. The summed E-state index contributed by atoms with van der Waals surface area (Å²) >= 11 is 0. The number of ether oxygens (including phenoxy) is 1. The fourth-order valence-electron chi connectivity index (χ4n) is 0.780. The van der Waals surface area contributed by atoms with Gasteiger partial charge >= 0.3 is 0 Å². The first kappa shape index (κ1) is 9.60. The van der Waals surface area contributed by atoms with Crippen molar-refractivity contribution in [3.8, 4) is 0 Å². The predicted molar refractivity (Wildman–Crippen MR) is 46.2 cm³/mol. The fraction of sp³-hybridized carbons (Fsp3) is 0.375. The van der Waals surface area contributed by atoms with E-state index in [1.165, 1.54) is 6.20 Å². The van der Waals surface area contributed by atoms with Crippen LogP contribution in [0.4, 0.5) is 0 Å². The summed E-state index contributed by atoms with van der Waals surface area (Å²) in [5.41, 5.74) is 0.318. The van der Waals surface area contributed by atoms with Gasteiger partial charge < -0.3 is 10.1 Å². The molecule has 0 aliphatic heterocycles. The molecule has 0 aliphatic rings. The topological polar surface area (TPSA) is 64.1 Å². The van der Waals surface area contributed by atoms with Crippen molar-refractivity contribution in [2.45, 2.75) is 0 Å². The van der Waals surface area contributed by atoms with E-state index in [-0.39, 0.29) is 5.91 Å². The molecule has 0 aromatic carbocycles. The number of carbonyl (C=O) groups is 1. The highest BCUT2D eigenvalue weighted by Gasteiger charge is 2.04. The normalized spacial score (nSPS) is 9.62. The molecule has 70 valence electrons. The number of carbonyl (C=O) groups excluding carboxylic acids is 1. The molecule has 0 saturated heterocycles. The maximum absolute atomic E-state index is 11.3. The van der Waals surface area contributed by atoms with E-state index in [0.717, 1.165) is 0 Å². The minimum Gasteiger partial charge on any atom is -0.383 e. The zero-order chi connectivity index (χ0) is 9.52. The Labute approximate surface area is 76.1 Å². The molecule has 5 nitrogen and oxygen atoms in total. The number of hydrogen-bond acceptors (Lipinski definition) is 4. The van der Waals surface area contributed by atoms with Crippen LogP contribution in [0.2, 0.25) is 0 Å². The molecule has 1 aromatic heterocycles. The molecule has 0 spiro atoms. The largest absolute Gasteiger partial charge is 0.383 e. The van der Waals surface area contributed by atoms with E-state index in [4.69, 9.17) is 4.74 Å². The summed E-state index contributed by atoms with van der Waals surface area (Å²) in [5, 5.41) is 9.88. The van der Waals surface area contributed by atoms with Gasteiger partial charge in [0.05, 0.1) is 6.61 Å². The molecule has 1 heterocycles. The Morgan fingerprint density at radius 2 is 2.54 bits per heavy atom. The molecular weight excluding hydrogens is 170 g/mol. The van der Waals surface area contributed by atoms with Gasteiger partial charge in [-0.2, -0.15) is 5.10 Å². The van der Waals surface area contributed by atoms with Crippen LogP contribution in [0.1, 0.15) is 10.5 Å². The first-order valence-electron chi connectivity index (χ1n) is 3.89. The van der Waals surface area contributed by atoms with Gasteiger partial charge in [0.1, 0.15) is 0 Å². The molecule has 0 atom stereocenters. The standard InChI is InChI=1S/C8H11N3O2/c1-13-6-5-9-8(12)7-3-2-4-10-11-7/h2-4H,5-6H2,1H3,(H,9,12). The van der Waals surface area contributed by atoms with Crippen LogP contribution < -0.4 is 5.32 Å². The Hall–Kier alpha value is -1.49. The Morgan fingerprint density at radius 1 is 1.69 bits per heavy atom. The van der Waals surface area contributed by atoms with Crippen molar-refractivity contribution in [2.75, 3.05) is 20.3 Å². The molecule has 0 aliphatic carbocycles. The number of hydrogen-bond donors (Lipinski definition) is 1. The summed E-state index contributed by atoms with van der Waals surface area (Å²) < 4.78 is 4.78. The molecule has 0 unspecified atom stereocenters. The van der Waals surface area contributed by atoms with Crippen molar-refractivity contribution < 1.29 is 9.53 Å². The number of nitrogens with zero attached hydrogens (tertiary/aromatic N) is 2. The van der Waals surface area contributed by atoms with Gasteiger partial charge in [-0.25, -0.2) is 0 Å². The van der Waals surface area contributed by atoms with Gasteiger partial charge in [-0.1, -0.05) is 0 Å². The number of amides is 1. The highest BCUT2D eigenvalue weighted by Crippen LogP contribution is 1.89. The lowest BCUT2D eigenvalue weighted by Crippen LogP contribution is -2.27. The highest BCUT2D eigenvalue weighted by atomic mass is 16.5. The van der Waals surface area contributed by atoms with Crippen molar-refractivity contribution in [1.29, 1.82) is 0 Å². The highest BCUT2D eigenvalue weighted by molar-refractivity contribution is 5.91. The summed E-state index contributed by atoms with van der Waals surface area (Å²) in [6, 6.07) is 3.27. The number of methoxy groups -OCH3 is 1. The summed E-state index contributed by atoms with van der Waals surface area (Å²) in [6.07, 6.45) is 1.52. The molecule has 1 rings (SSSR count). The Kier molecular flexibility index (Phi) is 3.84. The lowest BCUT2D eigenvalue weighted by molar-refractivity contribution is 0.0931. The van der Waals surface area contributed by atoms with Crippen LogP contribution in [0, 0.1) is 0 Å². The zero-order valence-corrected chi connectivity index (χ0v) is 7.36. The quantitative estimate of drug-likeness (QED) is 0.656. The summed E-state index contributed by atoms with van der Waals surface area (Å²) in [4.78, 5) is 11.3. The maximum Gasteiger partial charge on any atom is 0.271 e. The molecule has 1 N–H and O–H groups in total. The number of aromatic nitrogens is 2. The first-order chi connectivity index (χ1) is 6.34. The van der Waals surface area contributed by atoms with Gasteiger partial charge in [0.15, 0.2) is 5.69 Å². The van der Waals surface area contributed by atoms with E-state index in [2.05, 4.69) is 15.5 Å². The minimum atomic E-state index is -0.231. The Morgan fingerprint density at radius 3 is 3.15 bits per heavy atom. The molecular formula is C8H11N3O2. The van der Waals surface area contributed by atoms with Crippen LogP contribution in [0.15, 0.2) is 18.3 Å². The van der Waals surface area contributed by atoms with E-state index >= 15 is 0 Å². The van der Waals surface area contributed by atoms with Crippen molar-refractivity contribution in [3.05, 3.63) is 24.0 Å². The molecule has 0 fully saturated rings. The van der Waals surface area contributed by atoms with E-state index in [9.17, 15) is 4.79 Å². The summed E-state index contributed by atoms with van der Waals surface area (Å²) in [7, 11) is 1.58. The number of rotatable bonds is 4. The van der Waals surface area contributed by atoms with Crippen molar-refractivity contribution in [1.82, 2.24) is 15.5 Å². The van der Waals surface area contributed by atoms with E-state index in [1.54, 1.807) is 19.2 Å². The molecule has 0 bridgehead atoms. The van der Waals surface area contributed by atoms with Crippen LogP contribution in [0.25, 0.3) is 0 Å². The average molecular weight is 181 g/mol. The van der Waals surface area contributed by atoms with Gasteiger partial charge in [0.25, 0.3) is 5.91 Å². The molecule has 1 aromatic rings. The second-order valence-corrected chi connectivity index (χ2v) is 2.36. The van der Waals surface area contributed by atoms with Gasteiger partial charge in [-0.05, 0) is 12.1 Å². The lowest BCUT2D eigenvalue weighted by Gasteiger charge is -2.01. The van der Waals surface area contributed by atoms with Crippen molar-refractivity contribution in [2.24, 2.45) is 0 Å². The monoisotopic (exact) mass is 181 g/mol. The average Bonchev–Trinajstić information content (AvgIpc) is 2.19. The second-order valence-electron chi connectivity index (χ2n) is 2.36. The number of nitrogens with one attached hydrogen (secondary N) is 1. The third-order valence-electron chi connectivity index (χ3n) is 1.40. The van der Waals surface area contributed by atoms with E-state index < -0.39 is 0 Å². The zero-order valence-electron chi connectivity index (χ0n) is 7.36. The lowest BCUT2D eigenvalue weighted by atomic mass is 10.4. The minimum absolute atomic E-state index is 0.231. The van der Waals surface area contributed by atoms with Crippen LogP contribution in [0.5, 0.6) is 0 Å². The van der Waals surface area contributed by atoms with Crippen LogP contribution in [0.3, 0.4) is 0 Å². The fourth-order valence-corrected chi connectivity index (χ4v) is 0.780. The van der Waals surface area contributed by atoms with E-state index in [1.807, 2.05) is 0 Å². The van der Waals surface area contributed by atoms with Gasteiger partial charge in [-0.3, -0.25) is 4.79 Å². The predicted octanol–water partition coefficient (Wildman–Crippen LogP) is -0.147. The van der Waals surface area contributed by atoms with Crippen molar-refractivity contribution in [3.63, 3.8) is 0 Å². The smallest absolute Gasteiger partial charge is 0.271 e. The molecule has 5 heteroatoms. The van der Waals surface area contributed by atoms with E-state index in [0.29, 0.717) is 18.8 Å². The van der Waals surface area contributed by atoms with Gasteiger partial charge in [0, 0.05) is 19.9 Å². The first-order valence-corrected chi connectivity index (χ1v) is 3.89. The summed E-state index contributed by atoms with van der Waals surface area (Å²) in [6.45, 7) is 0.970. The second kappa shape index (κ2) is 5.21. The molecule has 0 saturated carbocycles. The van der Waals surface area contributed by atoms with Crippen molar-refractivity contribution >= 4 is 5.91 Å². The third-order valence-corrected chi connectivity index (χ3v) is 1.40. The van der Waals surface area contributed by atoms with Gasteiger partial charge in [0.2, 0.25) is 0 Å². The van der Waals surface area contributed by atoms with Crippen LogP contribution in [-0.4, -0.2) is 36.4 Å². The maximum atomic E-state index is 11.3. The third kappa shape index (κ3) is 3.16. The van der Waals surface area contributed by atoms with Crippen LogP contribution >= 0.6 is 0 Å². The van der Waals surface area contributed by atoms with Crippen LogP contribution in [-0.2, 0) is 4.74 Å².